The van der Waals surface area contributed by atoms with Crippen molar-refractivity contribution in [3.63, 3.8) is 0 Å². The molecule has 2 heterocycles. The number of hydrogen-bond donors (Lipinski definition) is 2. The van der Waals surface area contributed by atoms with Crippen molar-refractivity contribution in [3.05, 3.63) is 113 Å². The third-order valence-corrected chi connectivity index (χ3v) is 8.58. The van der Waals surface area contributed by atoms with Gasteiger partial charge in [-0.1, -0.05) is 78.9 Å². The third-order valence-electron chi connectivity index (χ3n) is 6.61. The minimum Gasteiger partial charge on any atom is -0.484 e. The van der Waals surface area contributed by atoms with E-state index in [9.17, 15) is 27.9 Å². The smallest absolute Gasteiger partial charge is 0.356 e. The molecule has 11 heteroatoms. The number of ether oxygens (including phenoxy) is 2. The maximum absolute atomic E-state index is 13.6. The molecule has 0 spiro atoms. The molecular weight excluding hydrogens is 536 g/mol. The van der Waals surface area contributed by atoms with Crippen LogP contribution < -0.4 is 10.1 Å². The van der Waals surface area contributed by atoms with Crippen LogP contribution in [0.1, 0.15) is 17.2 Å². The average Bonchev–Trinajstić information content (AvgIpc) is 2.98. The average molecular weight is 563 g/mol. The number of aliphatic hydroxyl groups excluding tert-OH is 1. The lowest BCUT2D eigenvalue weighted by molar-refractivity contribution is -0.155. The van der Waals surface area contributed by atoms with Gasteiger partial charge < -0.3 is 19.9 Å². The van der Waals surface area contributed by atoms with Crippen LogP contribution in [-0.2, 0) is 29.0 Å². The van der Waals surface area contributed by atoms with Crippen molar-refractivity contribution >= 4 is 27.6 Å². The zero-order valence-corrected chi connectivity index (χ0v) is 22.0. The number of nitrogens with one attached hydrogen (secondary N) is 1. The summed E-state index contributed by atoms with van der Waals surface area (Å²) in [6, 6.07) is 25.0. The molecule has 10 nitrogen and oxygen atoms in total. The zero-order chi connectivity index (χ0) is 28.3. The first kappa shape index (κ1) is 27.1. The number of benzene rings is 3. The Morgan fingerprint density at radius 3 is 2.02 bits per heavy atom. The summed E-state index contributed by atoms with van der Waals surface area (Å²) in [4.78, 5) is 40.0. The third kappa shape index (κ3) is 5.33. The molecule has 40 heavy (non-hydrogen) atoms. The summed E-state index contributed by atoms with van der Waals surface area (Å²) >= 11 is 0. The number of sulfone groups is 1. The number of amides is 2. The van der Waals surface area contributed by atoms with E-state index in [-0.39, 0.29) is 11.3 Å². The van der Waals surface area contributed by atoms with E-state index >= 15 is 0 Å². The van der Waals surface area contributed by atoms with Gasteiger partial charge in [-0.25, -0.2) is 13.2 Å². The van der Waals surface area contributed by atoms with Crippen molar-refractivity contribution in [1.82, 2.24) is 10.2 Å². The highest BCUT2D eigenvalue weighted by Gasteiger charge is 2.60. The molecular formula is C29H26N2O8S. The molecule has 206 valence electrons. The van der Waals surface area contributed by atoms with Gasteiger partial charge in [0.2, 0.25) is 0 Å². The molecule has 2 aliphatic rings. The summed E-state index contributed by atoms with van der Waals surface area (Å²) in [6.07, 6.45) is -0.860. The van der Waals surface area contributed by atoms with Gasteiger partial charge in [0.25, 0.3) is 11.8 Å². The molecule has 0 aromatic heterocycles. The molecule has 0 unspecified atom stereocenters. The number of rotatable bonds is 9. The van der Waals surface area contributed by atoms with Crippen molar-refractivity contribution in [1.29, 1.82) is 0 Å². The minimum atomic E-state index is -4.06. The fourth-order valence-corrected chi connectivity index (χ4v) is 6.77. The highest BCUT2D eigenvalue weighted by atomic mass is 32.2. The topological polar surface area (TPSA) is 139 Å². The summed E-state index contributed by atoms with van der Waals surface area (Å²) in [6.45, 7) is -1.22. The molecule has 5 rings (SSSR count). The number of nitrogens with zero attached hydrogens (tertiary/aromatic N) is 1. The summed E-state index contributed by atoms with van der Waals surface area (Å²) in [5, 5.41) is 10.8. The second kappa shape index (κ2) is 11.3. The quantitative estimate of drug-likeness (QED) is 0.297. The van der Waals surface area contributed by atoms with Gasteiger partial charge in [-0.05, 0) is 23.3 Å². The van der Waals surface area contributed by atoms with Gasteiger partial charge >= 0.3 is 5.97 Å². The van der Waals surface area contributed by atoms with Crippen LogP contribution in [0.15, 0.2) is 102 Å². The van der Waals surface area contributed by atoms with Crippen LogP contribution in [0.5, 0.6) is 5.75 Å². The second-order valence-electron chi connectivity index (χ2n) is 9.27. The molecule has 1 fully saturated rings. The van der Waals surface area contributed by atoms with Gasteiger partial charge in [0.1, 0.15) is 17.5 Å². The normalized spacial score (nSPS) is 19.4. The summed E-state index contributed by atoms with van der Waals surface area (Å²) < 4.78 is 37.4. The first-order valence-electron chi connectivity index (χ1n) is 12.5. The molecule has 1 saturated heterocycles. The van der Waals surface area contributed by atoms with E-state index in [2.05, 4.69) is 5.32 Å². The predicted octanol–water partition coefficient (Wildman–Crippen LogP) is 1.73. The zero-order valence-electron chi connectivity index (χ0n) is 21.2. The fraction of sp³-hybridized carbons (Fsp3) is 0.207. The van der Waals surface area contributed by atoms with Gasteiger partial charge in [0.05, 0.1) is 12.4 Å². The van der Waals surface area contributed by atoms with Crippen LogP contribution in [0.4, 0.5) is 0 Å². The fourth-order valence-electron chi connectivity index (χ4n) is 4.76. The van der Waals surface area contributed by atoms with E-state index < -0.39 is 64.1 Å². The van der Waals surface area contributed by atoms with E-state index in [1.165, 1.54) is 0 Å². The van der Waals surface area contributed by atoms with Crippen LogP contribution in [-0.4, -0.2) is 66.6 Å². The Kier molecular flexibility index (Phi) is 7.67. The second-order valence-corrected chi connectivity index (χ2v) is 11.4. The van der Waals surface area contributed by atoms with Gasteiger partial charge in [0, 0.05) is 5.57 Å². The van der Waals surface area contributed by atoms with E-state index in [1.54, 1.807) is 78.9 Å². The number of aliphatic hydroxyl groups is 1. The predicted molar refractivity (Wildman–Crippen MR) is 143 cm³/mol. The molecule has 0 aliphatic carbocycles. The number of fused-ring (bicyclic) bond motifs is 1. The van der Waals surface area contributed by atoms with Crippen molar-refractivity contribution in [3.8, 4) is 5.75 Å². The first-order valence-corrected chi connectivity index (χ1v) is 14.2. The van der Waals surface area contributed by atoms with Crippen molar-refractivity contribution < 1.29 is 37.4 Å². The number of para-hydroxylation sites is 1. The van der Waals surface area contributed by atoms with Gasteiger partial charge in [0.15, 0.2) is 27.9 Å². The SMILES string of the molecule is O=C(COc1ccccc1)N[C@H]1C(=O)N2C(C(=O)OC(c3ccccc3)c3ccccc3)=C(CO)CS(=O)(=O)[C@@H]12. The van der Waals surface area contributed by atoms with Gasteiger partial charge in [-0.15, -0.1) is 0 Å². The lowest BCUT2D eigenvalue weighted by Crippen LogP contribution is -2.75. The lowest BCUT2D eigenvalue weighted by Gasteiger charge is -2.49. The summed E-state index contributed by atoms with van der Waals surface area (Å²) in [5.74, 6) is -2.72. The molecule has 2 amide bonds. The van der Waals surface area contributed by atoms with Crippen LogP contribution >= 0.6 is 0 Å². The van der Waals surface area contributed by atoms with Crippen LogP contribution in [0, 0.1) is 0 Å². The number of hydrogen-bond acceptors (Lipinski definition) is 8. The van der Waals surface area contributed by atoms with E-state index in [4.69, 9.17) is 9.47 Å². The largest absolute Gasteiger partial charge is 0.484 e. The maximum Gasteiger partial charge on any atom is 0.356 e. The van der Waals surface area contributed by atoms with E-state index in [1.807, 2.05) is 12.1 Å². The van der Waals surface area contributed by atoms with Crippen LogP contribution in [0.25, 0.3) is 0 Å². The summed E-state index contributed by atoms with van der Waals surface area (Å²) in [5.41, 5.74) is 0.820. The molecule has 2 N–H and O–H groups in total. The van der Waals surface area contributed by atoms with Crippen LogP contribution in [0.3, 0.4) is 0 Å². The molecule has 3 aromatic rings. The van der Waals surface area contributed by atoms with Crippen LogP contribution in [0.2, 0.25) is 0 Å². The number of carbonyl (C=O) groups is 3. The number of carbonyl (C=O) groups excluding carboxylic acids is 3. The Bertz CT molecular complexity index is 1500. The Labute approximate surface area is 230 Å². The molecule has 2 atom stereocenters. The molecule has 0 saturated carbocycles. The standard InChI is InChI=1S/C29H26N2O8S/c32-16-21-18-40(36,37)28-24(30-23(33)17-38-22-14-8-3-9-15-22)27(34)31(28)25(21)29(35)39-26(19-10-4-1-5-11-19)20-12-6-2-7-13-20/h1-15,24,26,28,32H,16-18H2,(H,30,33)/t24-,28-/m0/s1. The summed E-state index contributed by atoms with van der Waals surface area (Å²) in [7, 11) is -4.06. The number of β-lactam (4-membered cyclic amide) rings is 1. The highest BCUT2D eigenvalue weighted by molar-refractivity contribution is 7.92. The molecule has 3 aromatic carbocycles. The Hall–Kier alpha value is -4.48. The monoisotopic (exact) mass is 562 g/mol. The molecule has 0 radical (unpaired) electrons. The first-order chi connectivity index (χ1) is 19.3. The van der Waals surface area contributed by atoms with Crippen molar-refractivity contribution in [2.24, 2.45) is 0 Å². The Balaban J connectivity index is 1.38. The Morgan fingerprint density at radius 1 is 0.925 bits per heavy atom. The maximum atomic E-state index is 13.6. The lowest BCUT2D eigenvalue weighted by atomic mass is 10.0. The minimum absolute atomic E-state index is 0.160. The van der Waals surface area contributed by atoms with E-state index in [0.717, 1.165) is 4.90 Å². The highest BCUT2D eigenvalue weighted by Crippen LogP contribution is 2.38. The van der Waals surface area contributed by atoms with E-state index in [0.29, 0.717) is 16.9 Å². The Morgan fingerprint density at radius 2 is 1.48 bits per heavy atom. The van der Waals surface area contributed by atoms with Crippen molar-refractivity contribution in [2.45, 2.75) is 17.5 Å². The number of esters is 1. The molecule has 0 bridgehead atoms. The van der Waals surface area contributed by atoms with Gasteiger partial charge in [-0.2, -0.15) is 0 Å². The van der Waals surface area contributed by atoms with Gasteiger partial charge in [-0.3, -0.25) is 14.5 Å². The van der Waals surface area contributed by atoms with Crippen molar-refractivity contribution in [2.75, 3.05) is 19.0 Å². The molecule has 2 aliphatic heterocycles.